The number of benzene rings is 1. The van der Waals surface area contributed by atoms with Crippen molar-refractivity contribution >= 4 is 5.69 Å². The summed E-state index contributed by atoms with van der Waals surface area (Å²) < 4.78 is 0. The lowest BCUT2D eigenvalue weighted by Gasteiger charge is -2.18. The average molecular weight is 177 g/mol. The molecule has 0 saturated carbocycles. The molecule has 13 heavy (non-hydrogen) atoms. The number of aliphatic hydroxyl groups excluding tert-OH is 1. The molecule has 2 nitrogen and oxygen atoms in total. The zero-order chi connectivity index (χ0) is 9.64. The number of nitrogen functional groups attached to an aromatic ring is 1. The Kier molecular flexibility index (Phi) is 1.64. The Labute approximate surface area is 78.4 Å². The Balaban J connectivity index is 2.59. The standard InChI is InChI=1S/C11H15NO/c1-11(2)6-10(13)8-5-7(12)3-4-9(8)11/h3-5,10,13H,6,12H2,1-2H3. The molecular formula is C11H15NO. The molecule has 1 aliphatic rings. The first-order valence-electron chi connectivity index (χ1n) is 4.59. The van der Waals surface area contributed by atoms with Crippen LogP contribution in [-0.4, -0.2) is 5.11 Å². The van der Waals surface area contributed by atoms with Crippen molar-refractivity contribution in [3.05, 3.63) is 29.3 Å². The molecule has 0 fully saturated rings. The van der Waals surface area contributed by atoms with Crippen LogP contribution in [0.25, 0.3) is 0 Å². The average Bonchev–Trinajstić information content (AvgIpc) is 2.22. The number of nitrogens with two attached hydrogens (primary N) is 1. The molecule has 70 valence electrons. The van der Waals surface area contributed by atoms with Crippen LogP contribution in [0.2, 0.25) is 0 Å². The summed E-state index contributed by atoms with van der Waals surface area (Å²) in [5.41, 5.74) is 8.72. The quantitative estimate of drug-likeness (QED) is 0.595. The molecular weight excluding hydrogens is 162 g/mol. The molecule has 0 aliphatic heterocycles. The molecule has 2 rings (SSSR count). The molecule has 3 N–H and O–H groups in total. The molecule has 0 amide bonds. The summed E-state index contributed by atoms with van der Waals surface area (Å²) in [6.45, 7) is 4.30. The largest absolute Gasteiger partial charge is 0.399 e. The van der Waals surface area contributed by atoms with Gasteiger partial charge in [-0.05, 0) is 35.1 Å². The van der Waals surface area contributed by atoms with Gasteiger partial charge in [-0.3, -0.25) is 0 Å². The molecule has 0 bridgehead atoms. The lowest BCUT2D eigenvalue weighted by molar-refractivity contribution is 0.161. The highest BCUT2D eigenvalue weighted by Gasteiger charge is 2.35. The maximum Gasteiger partial charge on any atom is 0.0802 e. The molecule has 1 aliphatic carbocycles. The monoisotopic (exact) mass is 177 g/mol. The van der Waals surface area contributed by atoms with Crippen molar-refractivity contribution in [3.63, 3.8) is 0 Å². The Morgan fingerprint density at radius 3 is 2.85 bits per heavy atom. The van der Waals surface area contributed by atoms with E-state index >= 15 is 0 Å². The smallest absolute Gasteiger partial charge is 0.0802 e. The maximum absolute atomic E-state index is 9.79. The fourth-order valence-electron chi connectivity index (χ4n) is 2.18. The van der Waals surface area contributed by atoms with Crippen molar-refractivity contribution in [2.24, 2.45) is 0 Å². The predicted molar refractivity (Wildman–Crippen MR) is 53.5 cm³/mol. The van der Waals surface area contributed by atoms with Crippen molar-refractivity contribution in [2.75, 3.05) is 5.73 Å². The van der Waals surface area contributed by atoms with E-state index in [1.165, 1.54) is 5.56 Å². The minimum Gasteiger partial charge on any atom is -0.399 e. The summed E-state index contributed by atoms with van der Waals surface area (Å²) in [4.78, 5) is 0. The van der Waals surface area contributed by atoms with Gasteiger partial charge in [0.1, 0.15) is 0 Å². The van der Waals surface area contributed by atoms with Crippen LogP contribution in [0.1, 0.15) is 37.5 Å². The van der Waals surface area contributed by atoms with Gasteiger partial charge in [-0.1, -0.05) is 19.9 Å². The fourth-order valence-corrected chi connectivity index (χ4v) is 2.18. The van der Waals surface area contributed by atoms with E-state index in [2.05, 4.69) is 13.8 Å². The highest BCUT2D eigenvalue weighted by atomic mass is 16.3. The zero-order valence-electron chi connectivity index (χ0n) is 8.04. The van der Waals surface area contributed by atoms with Gasteiger partial charge in [0.25, 0.3) is 0 Å². The number of aliphatic hydroxyl groups is 1. The van der Waals surface area contributed by atoms with E-state index in [1.807, 2.05) is 18.2 Å². The van der Waals surface area contributed by atoms with E-state index < -0.39 is 0 Å². The Hall–Kier alpha value is -1.02. The van der Waals surface area contributed by atoms with Crippen LogP contribution < -0.4 is 5.73 Å². The van der Waals surface area contributed by atoms with Gasteiger partial charge in [0.05, 0.1) is 6.10 Å². The number of hydrogen-bond acceptors (Lipinski definition) is 2. The lowest BCUT2D eigenvalue weighted by Crippen LogP contribution is -2.12. The Morgan fingerprint density at radius 1 is 1.46 bits per heavy atom. The highest BCUT2D eigenvalue weighted by molar-refractivity contribution is 5.50. The topological polar surface area (TPSA) is 46.2 Å². The van der Waals surface area contributed by atoms with E-state index in [9.17, 15) is 5.11 Å². The first-order valence-corrected chi connectivity index (χ1v) is 4.59. The van der Waals surface area contributed by atoms with E-state index in [0.29, 0.717) is 0 Å². The summed E-state index contributed by atoms with van der Waals surface area (Å²) in [7, 11) is 0. The second-order valence-corrected chi connectivity index (χ2v) is 4.45. The fraction of sp³-hybridized carbons (Fsp3) is 0.455. The summed E-state index contributed by atoms with van der Waals surface area (Å²) in [5.74, 6) is 0. The van der Waals surface area contributed by atoms with Crippen LogP contribution in [0.4, 0.5) is 5.69 Å². The third kappa shape index (κ3) is 1.22. The number of fused-ring (bicyclic) bond motifs is 1. The summed E-state index contributed by atoms with van der Waals surface area (Å²) >= 11 is 0. The van der Waals surface area contributed by atoms with Crippen molar-refractivity contribution < 1.29 is 5.11 Å². The highest BCUT2D eigenvalue weighted by Crippen LogP contribution is 2.44. The number of hydrogen-bond donors (Lipinski definition) is 2. The summed E-state index contributed by atoms with van der Waals surface area (Å²) in [6.07, 6.45) is 0.458. The molecule has 2 heteroatoms. The normalized spacial score (nSPS) is 24.4. The Morgan fingerprint density at radius 2 is 2.15 bits per heavy atom. The van der Waals surface area contributed by atoms with Crippen LogP contribution in [-0.2, 0) is 5.41 Å². The lowest BCUT2D eigenvalue weighted by atomic mass is 9.86. The first-order chi connectivity index (χ1) is 6.00. The second kappa shape index (κ2) is 2.48. The molecule has 0 spiro atoms. The Bertz CT molecular complexity index is 344. The first kappa shape index (κ1) is 8.57. The molecule has 1 unspecified atom stereocenters. The summed E-state index contributed by atoms with van der Waals surface area (Å²) in [6, 6.07) is 5.81. The van der Waals surface area contributed by atoms with Gasteiger partial charge in [-0.15, -0.1) is 0 Å². The van der Waals surface area contributed by atoms with Gasteiger partial charge in [0.2, 0.25) is 0 Å². The van der Waals surface area contributed by atoms with Crippen molar-refractivity contribution in [1.29, 1.82) is 0 Å². The van der Waals surface area contributed by atoms with Crippen LogP contribution in [0.15, 0.2) is 18.2 Å². The van der Waals surface area contributed by atoms with Gasteiger partial charge < -0.3 is 10.8 Å². The SMILES string of the molecule is CC1(C)CC(O)c2cc(N)ccc21. The number of anilines is 1. The number of rotatable bonds is 0. The van der Waals surface area contributed by atoms with Gasteiger partial charge in [-0.25, -0.2) is 0 Å². The van der Waals surface area contributed by atoms with Crippen molar-refractivity contribution in [3.8, 4) is 0 Å². The van der Waals surface area contributed by atoms with E-state index in [1.54, 1.807) is 0 Å². The molecule has 0 radical (unpaired) electrons. The van der Waals surface area contributed by atoms with E-state index in [-0.39, 0.29) is 11.5 Å². The molecule has 1 aromatic carbocycles. The predicted octanol–water partition coefficient (Wildman–Crippen LogP) is 1.98. The molecule has 1 atom stereocenters. The van der Waals surface area contributed by atoms with Crippen molar-refractivity contribution in [1.82, 2.24) is 0 Å². The van der Waals surface area contributed by atoms with Gasteiger partial charge in [0, 0.05) is 5.69 Å². The van der Waals surface area contributed by atoms with Crippen molar-refractivity contribution in [2.45, 2.75) is 31.8 Å². The summed E-state index contributed by atoms with van der Waals surface area (Å²) in [5, 5.41) is 9.79. The van der Waals surface area contributed by atoms with Gasteiger partial charge in [0.15, 0.2) is 0 Å². The minimum atomic E-state index is -0.339. The molecule has 0 heterocycles. The minimum absolute atomic E-state index is 0.0858. The zero-order valence-corrected chi connectivity index (χ0v) is 8.04. The third-order valence-corrected chi connectivity index (χ3v) is 2.87. The van der Waals surface area contributed by atoms with Gasteiger partial charge >= 0.3 is 0 Å². The molecule has 0 aromatic heterocycles. The van der Waals surface area contributed by atoms with Crippen LogP contribution in [0, 0.1) is 0 Å². The van der Waals surface area contributed by atoms with E-state index in [4.69, 9.17) is 5.73 Å². The van der Waals surface area contributed by atoms with E-state index in [0.717, 1.165) is 17.7 Å². The van der Waals surface area contributed by atoms with Crippen LogP contribution in [0.5, 0.6) is 0 Å². The molecule has 1 aromatic rings. The van der Waals surface area contributed by atoms with Gasteiger partial charge in [-0.2, -0.15) is 0 Å². The third-order valence-electron chi connectivity index (χ3n) is 2.87. The van der Waals surface area contributed by atoms with Crippen LogP contribution >= 0.6 is 0 Å². The van der Waals surface area contributed by atoms with Crippen LogP contribution in [0.3, 0.4) is 0 Å². The molecule has 0 saturated heterocycles. The second-order valence-electron chi connectivity index (χ2n) is 4.45. The maximum atomic E-state index is 9.79.